The van der Waals surface area contributed by atoms with Gasteiger partial charge < -0.3 is 40.9 Å². The number of alkyl halides is 3. The fraction of sp³-hybridized carbons (Fsp3) is 0.438. The number of nitrogens with zero attached hydrogens (tertiary/aromatic N) is 3. The fourth-order valence-electron chi connectivity index (χ4n) is 3.23. The minimum absolute atomic E-state index is 0.0644. The molecule has 1 aliphatic rings. The Kier molecular flexibility index (Phi) is 5.01. The van der Waals surface area contributed by atoms with Gasteiger partial charge in [0.1, 0.15) is 0 Å². The summed E-state index contributed by atoms with van der Waals surface area (Å²) in [5.41, 5.74) is -2.33. The van der Waals surface area contributed by atoms with Crippen molar-refractivity contribution in [1.82, 2.24) is 9.78 Å². The zero-order valence-corrected chi connectivity index (χ0v) is 15.0. The summed E-state index contributed by atoms with van der Waals surface area (Å²) in [5, 5.41) is 63.7. The second-order valence-corrected chi connectivity index (χ2v) is 6.60. The molecule has 2 heterocycles. The minimum Gasteiger partial charge on any atom is -0.387 e. The van der Waals surface area contributed by atoms with Crippen LogP contribution in [0.5, 0.6) is 0 Å². The fourth-order valence-corrected chi connectivity index (χ4v) is 3.23. The lowest BCUT2D eigenvalue weighted by molar-refractivity contribution is -0.326. The third kappa shape index (κ3) is 4.14. The number of hydrogen-bond donors (Lipinski definition) is 7. The highest BCUT2D eigenvalue weighted by Crippen LogP contribution is 2.38. The number of hydrogen-bond acceptors (Lipinski definition) is 9. The molecule has 1 aliphatic heterocycles. The van der Waals surface area contributed by atoms with Crippen LogP contribution in [0, 0.1) is 0 Å². The zero-order chi connectivity index (χ0) is 21.8. The quantitative estimate of drug-likeness (QED) is 0.313. The lowest BCUT2D eigenvalue weighted by Crippen LogP contribution is -2.35. The zero-order valence-electron chi connectivity index (χ0n) is 15.0. The number of nitrogens with one attached hydrogen (secondary N) is 1. The van der Waals surface area contributed by atoms with E-state index in [-0.39, 0.29) is 36.7 Å². The molecule has 10 nitrogen and oxygen atoms in total. The van der Waals surface area contributed by atoms with Crippen molar-refractivity contribution in [2.24, 2.45) is 0 Å². The SMILES string of the molecule is CNc1c(C(O)(O)O)cc(N2CCn3nc(C(F)(F)F)cc3C2)cc1C(O)(O)O. The van der Waals surface area contributed by atoms with Crippen LogP contribution in [0.15, 0.2) is 18.2 Å². The largest absolute Gasteiger partial charge is 0.435 e. The second-order valence-electron chi connectivity index (χ2n) is 6.60. The number of halogens is 3. The van der Waals surface area contributed by atoms with Crippen molar-refractivity contribution in [2.75, 3.05) is 23.8 Å². The van der Waals surface area contributed by atoms with Gasteiger partial charge in [-0.2, -0.15) is 18.3 Å². The molecule has 1 aromatic heterocycles. The Balaban J connectivity index is 2.06. The molecule has 1 aromatic carbocycles. The Hall–Kier alpha value is -2.42. The van der Waals surface area contributed by atoms with E-state index >= 15 is 0 Å². The lowest BCUT2D eigenvalue weighted by Gasteiger charge is -2.32. The smallest absolute Gasteiger partial charge is 0.387 e. The van der Waals surface area contributed by atoms with Crippen molar-refractivity contribution in [1.29, 1.82) is 0 Å². The number of rotatable bonds is 4. The molecule has 0 bridgehead atoms. The number of aliphatic hydroxyl groups is 6. The first-order valence-electron chi connectivity index (χ1n) is 8.31. The second kappa shape index (κ2) is 6.83. The van der Waals surface area contributed by atoms with Gasteiger partial charge in [-0.05, 0) is 18.2 Å². The van der Waals surface area contributed by atoms with Crippen LogP contribution in [0.3, 0.4) is 0 Å². The molecule has 0 aliphatic carbocycles. The molecule has 160 valence electrons. The van der Waals surface area contributed by atoms with Crippen molar-refractivity contribution < 1.29 is 43.8 Å². The van der Waals surface area contributed by atoms with Crippen molar-refractivity contribution in [2.45, 2.75) is 31.2 Å². The number of benzene rings is 1. The molecular formula is C16H19F3N4O6. The molecule has 0 fully saturated rings. The van der Waals surface area contributed by atoms with Crippen LogP contribution >= 0.6 is 0 Å². The molecule has 0 amide bonds. The van der Waals surface area contributed by atoms with E-state index < -0.39 is 34.9 Å². The molecule has 7 N–H and O–H groups in total. The van der Waals surface area contributed by atoms with Gasteiger partial charge in [-0.15, -0.1) is 0 Å². The van der Waals surface area contributed by atoms with Crippen LogP contribution < -0.4 is 10.2 Å². The van der Waals surface area contributed by atoms with Gasteiger partial charge in [0.15, 0.2) is 5.69 Å². The Morgan fingerprint density at radius 3 is 1.93 bits per heavy atom. The highest BCUT2D eigenvalue weighted by Gasteiger charge is 2.37. The third-order valence-electron chi connectivity index (χ3n) is 4.55. The minimum atomic E-state index is -4.61. The van der Waals surface area contributed by atoms with E-state index in [1.165, 1.54) is 16.6 Å². The summed E-state index contributed by atoms with van der Waals surface area (Å²) in [6, 6.07) is 3.06. The average Bonchev–Trinajstić information content (AvgIpc) is 3.02. The third-order valence-corrected chi connectivity index (χ3v) is 4.55. The van der Waals surface area contributed by atoms with Gasteiger partial charge >= 0.3 is 18.1 Å². The Morgan fingerprint density at radius 1 is 0.931 bits per heavy atom. The molecule has 0 radical (unpaired) electrons. The van der Waals surface area contributed by atoms with Gasteiger partial charge in [-0.3, -0.25) is 4.68 Å². The maximum atomic E-state index is 12.9. The molecule has 0 saturated carbocycles. The van der Waals surface area contributed by atoms with Crippen molar-refractivity contribution in [3.8, 4) is 0 Å². The topological polar surface area (TPSA) is 154 Å². The molecule has 29 heavy (non-hydrogen) atoms. The maximum absolute atomic E-state index is 12.9. The van der Waals surface area contributed by atoms with Crippen LogP contribution in [0.1, 0.15) is 22.5 Å². The Bertz CT molecular complexity index is 882. The predicted molar refractivity (Wildman–Crippen MR) is 90.9 cm³/mol. The molecule has 13 heteroatoms. The van der Waals surface area contributed by atoms with Crippen LogP contribution in [0.2, 0.25) is 0 Å². The van der Waals surface area contributed by atoms with Gasteiger partial charge in [0.25, 0.3) is 0 Å². The molecule has 0 atom stereocenters. The van der Waals surface area contributed by atoms with E-state index in [9.17, 15) is 43.8 Å². The summed E-state index contributed by atoms with van der Waals surface area (Å²) in [4.78, 5) is 1.49. The summed E-state index contributed by atoms with van der Waals surface area (Å²) in [5.74, 6) is -6.81. The van der Waals surface area contributed by atoms with E-state index in [2.05, 4.69) is 10.4 Å². The highest BCUT2D eigenvalue weighted by atomic mass is 19.4. The van der Waals surface area contributed by atoms with Gasteiger partial charge in [0, 0.05) is 19.3 Å². The normalized spacial score (nSPS) is 15.4. The van der Waals surface area contributed by atoms with Gasteiger partial charge in [0.2, 0.25) is 0 Å². The summed E-state index contributed by atoms with van der Waals surface area (Å²) < 4.78 is 39.8. The van der Waals surface area contributed by atoms with E-state index in [0.29, 0.717) is 0 Å². The lowest BCUT2D eigenvalue weighted by atomic mass is 10.0. The molecular weight excluding hydrogens is 401 g/mol. The van der Waals surface area contributed by atoms with Crippen molar-refractivity contribution in [3.05, 3.63) is 40.7 Å². The van der Waals surface area contributed by atoms with Gasteiger partial charge in [-0.1, -0.05) is 0 Å². The summed E-state index contributed by atoms with van der Waals surface area (Å²) in [6.45, 7) is 0.120. The van der Waals surface area contributed by atoms with Crippen molar-refractivity contribution in [3.63, 3.8) is 0 Å². The van der Waals surface area contributed by atoms with Crippen LogP contribution in [0.4, 0.5) is 24.5 Å². The molecule has 2 aromatic rings. The van der Waals surface area contributed by atoms with Gasteiger partial charge in [0.05, 0.1) is 35.6 Å². The standard InChI is InChI=1S/C16H19F3N4O6/c1-20-13-10(15(24,25)26)4-8(5-11(13)16(27,28)29)22-2-3-23-9(7-22)6-12(21-23)14(17,18)19/h4-6,20,24-29H,2-3,7H2,1H3. The molecule has 0 spiro atoms. The first-order valence-corrected chi connectivity index (χ1v) is 8.31. The van der Waals surface area contributed by atoms with Crippen LogP contribution in [-0.2, 0) is 31.2 Å². The molecule has 0 saturated heterocycles. The van der Waals surface area contributed by atoms with E-state index in [1.54, 1.807) is 0 Å². The van der Waals surface area contributed by atoms with E-state index in [1.807, 2.05) is 0 Å². The highest BCUT2D eigenvalue weighted by molar-refractivity contribution is 5.67. The number of anilines is 2. The predicted octanol–water partition coefficient (Wildman–Crippen LogP) is -0.862. The summed E-state index contributed by atoms with van der Waals surface area (Å²) >= 11 is 0. The Labute approximate surface area is 161 Å². The summed E-state index contributed by atoms with van der Waals surface area (Å²) in [7, 11) is 1.28. The molecule has 3 rings (SSSR count). The first kappa shape index (κ1) is 21.3. The average molecular weight is 420 g/mol. The van der Waals surface area contributed by atoms with E-state index in [0.717, 1.165) is 18.2 Å². The summed E-state index contributed by atoms with van der Waals surface area (Å²) in [6.07, 6.45) is -4.61. The number of aromatic nitrogens is 2. The van der Waals surface area contributed by atoms with Crippen molar-refractivity contribution >= 4 is 11.4 Å². The van der Waals surface area contributed by atoms with Crippen LogP contribution in [0.25, 0.3) is 0 Å². The monoisotopic (exact) mass is 420 g/mol. The van der Waals surface area contributed by atoms with Gasteiger partial charge in [-0.25, -0.2) is 0 Å². The Morgan fingerprint density at radius 2 is 1.48 bits per heavy atom. The number of fused-ring (bicyclic) bond motifs is 1. The van der Waals surface area contributed by atoms with Crippen LogP contribution in [-0.4, -0.2) is 54.0 Å². The molecule has 0 unspecified atom stereocenters. The first-order chi connectivity index (χ1) is 13.2. The van der Waals surface area contributed by atoms with E-state index in [4.69, 9.17) is 0 Å². The maximum Gasteiger partial charge on any atom is 0.435 e.